The first-order valence-electron chi connectivity index (χ1n) is 14.7. The minimum absolute atomic E-state index is 0.0605. The zero-order valence-electron chi connectivity index (χ0n) is 23.1. The fourth-order valence-corrected chi connectivity index (χ4v) is 5.76. The van der Waals surface area contributed by atoms with Crippen molar-refractivity contribution in [2.75, 3.05) is 0 Å². The average molecular weight is 518 g/mol. The van der Waals surface area contributed by atoms with E-state index in [4.69, 9.17) is 0 Å². The highest BCUT2D eigenvalue weighted by atomic mass is 32.1. The fraction of sp³-hybridized carbons (Fsp3) is 0.545. The van der Waals surface area contributed by atoms with Crippen LogP contribution in [0.25, 0.3) is 11.4 Å². The summed E-state index contributed by atoms with van der Waals surface area (Å²) in [4.78, 5) is 23.7. The van der Waals surface area contributed by atoms with E-state index in [1.807, 2.05) is 29.9 Å². The van der Waals surface area contributed by atoms with Crippen LogP contribution in [-0.2, 0) is 12.8 Å². The maximum atomic E-state index is 13.5. The van der Waals surface area contributed by atoms with Gasteiger partial charge >= 0.3 is 0 Å². The molecule has 0 N–H and O–H groups in total. The van der Waals surface area contributed by atoms with Gasteiger partial charge in [-0.1, -0.05) is 97.0 Å². The molecule has 3 aromatic rings. The van der Waals surface area contributed by atoms with Crippen LogP contribution < -0.4 is 0 Å². The third kappa shape index (κ3) is 9.81. The van der Waals surface area contributed by atoms with Crippen LogP contribution in [0.15, 0.2) is 42.0 Å². The van der Waals surface area contributed by atoms with Gasteiger partial charge in [0.05, 0.1) is 4.88 Å². The molecule has 3 rings (SSSR count). The van der Waals surface area contributed by atoms with Gasteiger partial charge < -0.3 is 0 Å². The van der Waals surface area contributed by atoms with E-state index in [9.17, 15) is 4.79 Å². The lowest BCUT2D eigenvalue weighted by atomic mass is 9.98. The summed E-state index contributed by atoms with van der Waals surface area (Å²) >= 11 is 1.54. The first-order chi connectivity index (χ1) is 18.2. The summed E-state index contributed by atoms with van der Waals surface area (Å²) in [6.07, 6.45) is 24.1. The molecular formula is C33H45N2OS. The lowest BCUT2D eigenvalue weighted by Crippen LogP contribution is -2.06. The van der Waals surface area contributed by atoms with Crippen molar-refractivity contribution in [1.82, 2.24) is 9.97 Å². The second-order valence-corrected chi connectivity index (χ2v) is 11.1. The predicted octanol–water partition coefficient (Wildman–Crippen LogP) is 9.82. The number of nitrogens with zero attached hydrogens (tertiary/aromatic N) is 2. The molecule has 37 heavy (non-hydrogen) atoms. The average Bonchev–Trinajstić information content (AvgIpc) is 3.41. The Hall–Kier alpha value is -2.33. The molecule has 0 saturated heterocycles. The molecule has 0 aliphatic rings. The van der Waals surface area contributed by atoms with Crippen molar-refractivity contribution < 1.29 is 4.79 Å². The van der Waals surface area contributed by atoms with E-state index in [1.54, 1.807) is 6.07 Å². The Kier molecular flexibility index (Phi) is 13.6. The molecule has 1 radical (unpaired) electrons. The zero-order valence-corrected chi connectivity index (χ0v) is 23.9. The number of carbonyl (C=O) groups is 1. The molecule has 2 heterocycles. The van der Waals surface area contributed by atoms with Gasteiger partial charge in [0.1, 0.15) is 0 Å². The molecule has 0 atom stereocenters. The van der Waals surface area contributed by atoms with Gasteiger partial charge in [0.2, 0.25) is 5.78 Å². The number of benzene rings is 1. The molecular weight excluding hydrogens is 472 g/mol. The summed E-state index contributed by atoms with van der Waals surface area (Å²) in [7, 11) is 0. The Bertz CT molecular complexity index is 1040. The molecule has 1 aromatic carbocycles. The van der Waals surface area contributed by atoms with Crippen LogP contribution in [0.1, 0.15) is 130 Å². The number of unbranched alkanes of at least 4 members (excludes halogenated alkanes) is 12. The SMILES string of the molecule is CCCCCCCCCCCCc1cnc(-c2cc[c]cc2C(=O)c2sccc2CCCCCC)nc1. The highest BCUT2D eigenvalue weighted by Crippen LogP contribution is 2.28. The molecule has 0 amide bonds. The highest BCUT2D eigenvalue weighted by molar-refractivity contribution is 7.12. The van der Waals surface area contributed by atoms with Gasteiger partial charge in [-0.25, -0.2) is 9.97 Å². The fourth-order valence-electron chi connectivity index (χ4n) is 4.85. The summed E-state index contributed by atoms with van der Waals surface area (Å²) in [5, 5.41) is 2.04. The normalized spacial score (nSPS) is 11.2. The summed E-state index contributed by atoms with van der Waals surface area (Å²) in [5.74, 6) is 0.676. The predicted molar refractivity (Wildman–Crippen MR) is 157 cm³/mol. The molecule has 0 bridgehead atoms. The minimum atomic E-state index is 0.0605. The van der Waals surface area contributed by atoms with Gasteiger partial charge in [-0.15, -0.1) is 11.3 Å². The first kappa shape index (κ1) is 29.2. The Morgan fingerprint density at radius 1 is 0.784 bits per heavy atom. The van der Waals surface area contributed by atoms with Gasteiger partial charge in [0, 0.05) is 23.5 Å². The van der Waals surface area contributed by atoms with Crippen molar-refractivity contribution >= 4 is 17.1 Å². The van der Waals surface area contributed by atoms with Crippen LogP contribution in [0.5, 0.6) is 0 Å². The quantitative estimate of drug-likeness (QED) is 0.117. The minimum Gasteiger partial charge on any atom is -0.288 e. The van der Waals surface area contributed by atoms with Crippen molar-refractivity contribution in [3.63, 3.8) is 0 Å². The molecule has 4 heteroatoms. The van der Waals surface area contributed by atoms with E-state index < -0.39 is 0 Å². The largest absolute Gasteiger partial charge is 0.288 e. The molecule has 3 nitrogen and oxygen atoms in total. The number of hydrogen-bond acceptors (Lipinski definition) is 4. The van der Waals surface area contributed by atoms with Crippen LogP contribution in [0.4, 0.5) is 0 Å². The summed E-state index contributed by atoms with van der Waals surface area (Å²) in [6, 6.07) is 10.7. The van der Waals surface area contributed by atoms with E-state index >= 15 is 0 Å². The second-order valence-electron chi connectivity index (χ2n) is 10.2. The third-order valence-electron chi connectivity index (χ3n) is 7.13. The van der Waals surface area contributed by atoms with Crippen molar-refractivity contribution in [2.45, 2.75) is 117 Å². The van der Waals surface area contributed by atoms with Crippen molar-refractivity contribution in [2.24, 2.45) is 0 Å². The van der Waals surface area contributed by atoms with Crippen LogP contribution >= 0.6 is 11.3 Å². The summed E-state index contributed by atoms with van der Waals surface area (Å²) in [6.45, 7) is 4.49. The number of rotatable bonds is 19. The van der Waals surface area contributed by atoms with Crippen molar-refractivity contribution in [3.8, 4) is 11.4 Å². The molecule has 0 fully saturated rings. The van der Waals surface area contributed by atoms with E-state index in [2.05, 4.69) is 35.9 Å². The smallest absolute Gasteiger partial charge is 0.203 e. The number of carbonyl (C=O) groups excluding carboxylic acids is 1. The molecule has 0 aliphatic carbocycles. The Labute approximate surface area is 229 Å². The van der Waals surface area contributed by atoms with Gasteiger partial charge in [-0.3, -0.25) is 4.79 Å². The summed E-state index contributed by atoms with van der Waals surface area (Å²) < 4.78 is 0. The summed E-state index contributed by atoms with van der Waals surface area (Å²) in [5.41, 5.74) is 3.77. The lowest BCUT2D eigenvalue weighted by Gasteiger charge is -2.09. The first-order valence-corrected chi connectivity index (χ1v) is 15.5. The van der Waals surface area contributed by atoms with Crippen LogP contribution in [0.3, 0.4) is 0 Å². The molecule has 199 valence electrons. The topological polar surface area (TPSA) is 42.9 Å². The number of thiophene rings is 1. The standard InChI is InChI=1S/C33H45N2OS/c1-3-5-7-9-10-11-12-13-14-15-19-27-25-34-33(35-26-27)30-22-18-17-21-29(30)31(36)32-28(23-24-37-32)20-16-8-6-4-2/h18,21-26H,3-16,19-20H2,1-2H3. The number of aromatic nitrogens is 2. The maximum Gasteiger partial charge on any atom is 0.203 e. The Morgan fingerprint density at radius 2 is 1.38 bits per heavy atom. The number of hydrogen-bond donors (Lipinski definition) is 0. The highest BCUT2D eigenvalue weighted by Gasteiger charge is 2.20. The maximum absolute atomic E-state index is 13.5. The molecule has 0 spiro atoms. The van der Waals surface area contributed by atoms with Crippen LogP contribution in [0, 0.1) is 6.07 Å². The number of aryl methyl sites for hydroxylation is 2. The number of ketones is 1. The molecule has 0 saturated carbocycles. The molecule has 0 aliphatic heterocycles. The monoisotopic (exact) mass is 517 g/mol. The van der Waals surface area contributed by atoms with Crippen LogP contribution in [-0.4, -0.2) is 15.8 Å². The second kappa shape index (κ2) is 17.2. The van der Waals surface area contributed by atoms with E-state index in [1.165, 1.54) is 100 Å². The van der Waals surface area contributed by atoms with Crippen molar-refractivity contribution in [1.29, 1.82) is 0 Å². The van der Waals surface area contributed by atoms with E-state index in [0.717, 1.165) is 35.3 Å². The van der Waals surface area contributed by atoms with E-state index in [0.29, 0.717) is 11.4 Å². The third-order valence-corrected chi connectivity index (χ3v) is 8.08. The Morgan fingerprint density at radius 3 is 2.05 bits per heavy atom. The van der Waals surface area contributed by atoms with Gasteiger partial charge in [0.15, 0.2) is 5.82 Å². The van der Waals surface area contributed by atoms with E-state index in [-0.39, 0.29) is 5.78 Å². The molecule has 2 aromatic heterocycles. The zero-order chi connectivity index (χ0) is 26.1. The van der Waals surface area contributed by atoms with Gasteiger partial charge in [-0.05, 0) is 66.5 Å². The van der Waals surface area contributed by atoms with Gasteiger partial charge in [0.25, 0.3) is 0 Å². The Balaban J connectivity index is 1.52. The molecule has 0 unspecified atom stereocenters. The lowest BCUT2D eigenvalue weighted by molar-refractivity contribution is 0.104. The van der Waals surface area contributed by atoms with Gasteiger partial charge in [-0.2, -0.15) is 0 Å². The van der Waals surface area contributed by atoms with Crippen molar-refractivity contribution in [3.05, 3.63) is 69.7 Å². The van der Waals surface area contributed by atoms with Crippen LogP contribution in [0.2, 0.25) is 0 Å².